The zero-order valence-electron chi connectivity index (χ0n) is 16.3. The van der Waals surface area contributed by atoms with Crippen molar-refractivity contribution in [3.8, 4) is 0 Å². The van der Waals surface area contributed by atoms with E-state index >= 15 is 0 Å². The van der Waals surface area contributed by atoms with Crippen LogP contribution in [-0.2, 0) is 0 Å². The van der Waals surface area contributed by atoms with Gasteiger partial charge in [0.1, 0.15) is 27.9 Å². The molecule has 0 radical (unpaired) electrons. The lowest BCUT2D eigenvalue weighted by Crippen LogP contribution is -2.29. The lowest BCUT2D eigenvalue weighted by molar-refractivity contribution is 0.180. The summed E-state index contributed by atoms with van der Waals surface area (Å²) in [5, 5.41) is 14.4. The van der Waals surface area contributed by atoms with Crippen LogP contribution in [0.1, 0.15) is 26.2 Å². The van der Waals surface area contributed by atoms with Gasteiger partial charge in [0, 0.05) is 35.0 Å². The minimum atomic E-state index is -0.471. The van der Waals surface area contributed by atoms with E-state index in [1.807, 2.05) is 30.3 Å². The van der Waals surface area contributed by atoms with Crippen molar-refractivity contribution < 1.29 is 5.11 Å². The van der Waals surface area contributed by atoms with Crippen LogP contribution >= 0.6 is 23.4 Å². The van der Waals surface area contributed by atoms with Crippen molar-refractivity contribution in [1.29, 1.82) is 0 Å². The molecule has 1 aromatic carbocycles. The predicted molar refractivity (Wildman–Crippen MR) is 118 cm³/mol. The molecule has 1 saturated heterocycles. The van der Waals surface area contributed by atoms with Crippen molar-refractivity contribution in [2.45, 2.75) is 48.4 Å². The first-order valence-corrected chi connectivity index (χ1v) is 11.1. The van der Waals surface area contributed by atoms with Gasteiger partial charge < -0.3 is 15.8 Å². The Morgan fingerprint density at radius 3 is 2.83 bits per heavy atom. The molecule has 1 aliphatic carbocycles. The van der Waals surface area contributed by atoms with Gasteiger partial charge in [0.15, 0.2) is 0 Å². The molecule has 0 spiro atoms. The maximum atomic E-state index is 10.0. The zero-order chi connectivity index (χ0) is 20.7. The standard InChI is InChI=1S/C20H22ClN7OS/c1-11-8-16(27-26-11)24-20-25-18(9-17-22-10-15(21)28(17)20)30-14-6-4-13(5-7-14)23-19(29)12-2-3-12/h4-7,9-12,19,23,26,29H,2-3,8H2,1H3,(H,24,25,27). The molecule has 1 saturated carbocycles. The summed E-state index contributed by atoms with van der Waals surface area (Å²) in [4.78, 5) is 14.8. The van der Waals surface area contributed by atoms with Gasteiger partial charge in [0.2, 0.25) is 5.95 Å². The van der Waals surface area contributed by atoms with Crippen molar-refractivity contribution >= 4 is 46.5 Å². The first-order chi connectivity index (χ1) is 14.5. The molecule has 3 heterocycles. The molecule has 2 aliphatic rings. The number of aromatic nitrogens is 3. The first kappa shape index (κ1) is 19.6. The van der Waals surface area contributed by atoms with Crippen LogP contribution in [0.15, 0.2) is 51.4 Å². The smallest absolute Gasteiger partial charge is 0.239 e. The monoisotopic (exact) mass is 443 g/mol. The lowest BCUT2D eigenvalue weighted by atomic mass is 10.3. The summed E-state index contributed by atoms with van der Waals surface area (Å²) in [6.07, 6.45) is 4.09. The fraction of sp³-hybridized carbons (Fsp3) is 0.350. The molecule has 2 fully saturated rings. The number of halogens is 1. The molecule has 8 nitrogen and oxygen atoms in total. The number of hydrogen-bond acceptors (Lipinski definition) is 7. The minimum Gasteiger partial charge on any atom is -0.374 e. The highest BCUT2D eigenvalue weighted by atomic mass is 35.5. The average Bonchev–Trinajstić information content (AvgIpc) is 3.41. The molecule has 3 aromatic rings. The third kappa shape index (κ3) is 4.24. The van der Waals surface area contributed by atoms with E-state index in [1.54, 1.807) is 10.6 Å². The highest BCUT2D eigenvalue weighted by molar-refractivity contribution is 7.99. The Bertz CT molecular complexity index is 1100. The van der Waals surface area contributed by atoms with Gasteiger partial charge in [-0.2, -0.15) is 4.99 Å². The summed E-state index contributed by atoms with van der Waals surface area (Å²) in [6, 6.07) is 10.2. The van der Waals surface area contributed by atoms with Gasteiger partial charge in [0.25, 0.3) is 0 Å². The second kappa shape index (κ2) is 8.07. The molecular formula is C20H22ClN7OS. The molecule has 30 heavy (non-hydrogen) atoms. The number of benzene rings is 1. The van der Waals surface area contributed by atoms with Crippen LogP contribution in [0.2, 0.25) is 5.15 Å². The highest BCUT2D eigenvalue weighted by Crippen LogP contribution is 2.34. The summed E-state index contributed by atoms with van der Waals surface area (Å²) in [5.74, 6) is 1.68. The fourth-order valence-electron chi connectivity index (χ4n) is 3.30. The highest BCUT2D eigenvalue weighted by Gasteiger charge is 2.29. The number of nitrogens with one attached hydrogen (secondary N) is 3. The Morgan fingerprint density at radius 1 is 1.33 bits per heavy atom. The average molecular weight is 444 g/mol. The van der Waals surface area contributed by atoms with E-state index in [0.717, 1.165) is 40.7 Å². The van der Waals surface area contributed by atoms with E-state index in [0.29, 0.717) is 28.7 Å². The number of nitrogens with zero attached hydrogens (tertiary/aromatic N) is 4. The molecule has 1 aliphatic heterocycles. The van der Waals surface area contributed by atoms with Gasteiger partial charge in [-0.3, -0.25) is 4.40 Å². The molecule has 0 bridgehead atoms. The lowest BCUT2D eigenvalue weighted by Gasteiger charge is -2.13. The van der Waals surface area contributed by atoms with E-state index in [4.69, 9.17) is 16.6 Å². The summed E-state index contributed by atoms with van der Waals surface area (Å²) < 4.78 is 1.73. The third-order valence-electron chi connectivity index (χ3n) is 5.07. The van der Waals surface area contributed by atoms with E-state index in [9.17, 15) is 5.11 Å². The Labute approximate surface area is 183 Å². The SMILES string of the molecule is CC1C/C(=N\c2nc(Sc3ccc(NC(O)C4CC4)cc3)cc3ncc(Cl)n23)NN1. The van der Waals surface area contributed by atoms with Crippen LogP contribution < -0.4 is 16.2 Å². The van der Waals surface area contributed by atoms with Crippen molar-refractivity contribution in [1.82, 2.24) is 25.2 Å². The number of rotatable bonds is 6. The number of hydrazine groups is 1. The Kier molecular flexibility index (Phi) is 5.28. The van der Waals surface area contributed by atoms with Gasteiger partial charge in [0.05, 0.1) is 6.20 Å². The van der Waals surface area contributed by atoms with Gasteiger partial charge in [-0.05, 0) is 44.0 Å². The molecule has 4 N–H and O–H groups in total. The van der Waals surface area contributed by atoms with Crippen molar-refractivity contribution in [2.24, 2.45) is 10.9 Å². The fourth-order valence-corrected chi connectivity index (χ4v) is 4.31. The summed E-state index contributed by atoms with van der Waals surface area (Å²) in [7, 11) is 0. The molecular weight excluding hydrogens is 422 g/mol. The predicted octanol–water partition coefficient (Wildman–Crippen LogP) is 3.59. The minimum absolute atomic E-state index is 0.306. The van der Waals surface area contributed by atoms with E-state index in [1.165, 1.54) is 11.8 Å². The van der Waals surface area contributed by atoms with Gasteiger partial charge in [-0.1, -0.05) is 23.4 Å². The maximum absolute atomic E-state index is 10.0. The van der Waals surface area contributed by atoms with Crippen LogP contribution in [0.4, 0.5) is 11.6 Å². The third-order valence-corrected chi connectivity index (χ3v) is 6.26. The van der Waals surface area contributed by atoms with Crippen LogP contribution in [0.25, 0.3) is 5.65 Å². The normalized spacial score (nSPS) is 21.2. The van der Waals surface area contributed by atoms with E-state index < -0.39 is 6.23 Å². The van der Waals surface area contributed by atoms with Gasteiger partial charge in [-0.15, -0.1) is 0 Å². The number of aliphatic hydroxyl groups is 1. The Morgan fingerprint density at radius 2 is 2.13 bits per heavy atom. The van der Waals surface area contributed by atoms with Crippen LogP contribution in [0.3, 0.4) is 0 Å². The summed E-state index contributed by atoms with van der Waals surface area (Å²) in [5.41, 5.74) is 7.82. The van der Waals surface area contributed by atoms with Gasteiger partial charge >= 0.3 is 0 Å². The molecule has 0 amide bonds. The quantitative estimate of drug-likeness (QED) is 0.341. The Hall–Kier alpha value is -2.33. The van der Waals surface area contributed by atoms with Crippen LogP contribution in [0.5, 0.6) is 0 Å². The molecule has 5 rings (SSSR count). The molecule has 2 atom stereocenters. The summed E-state index contributed by atoms with van der Waals surface area (Å²) in [6.45, 7) is 2.08. The van der Waals surface area contributed by atoms with E-state index in [2.05, 4.69) is 33.1 Å². The zero-order valence-corrected chi connectivity index (χ0v) is 17.9. The van der Waals surface area contributed by atoms with Crippen LogP contribution in [0, 0.1) is 5.92 Å². The number of amidine groups is 1. The molecule has 2 unspecified atom stereocenters. The number of aliphatic hydroxyl groups excluding tert-OH is 1. The summed E-state index contributed by atoms with van der Waals surface area (Å²) >= 11 is 7.84. The second-order valence-corrected chi connectivity index (χ2v) is 9.14. The van der Waals surface area contributed by atoms with Crippen molar-refractivity contribution in [2.75, 3.05) is 5.32 Å². The first-order valence-electron chi connectivity index (χ1n) is 9.91. The number of imidazole rings is 1. The van der Waals surface area contributed by atoms with Crippen LogP contribution in [-0.4, -0.2) is 37.6 Å². The number of aliphatic imine (C=N–C) groups is 1. The second-order valence-electron chi connectivity index (χ2n) is 7.65. The molecule has 10 heteroatoms. The largest absolute Gasteiger partial charge is 0.374 e. The van der Waals surface area contributed by atoms with E-state index in [-0.39, 0.29) is 0 Å². The topological polar surface area (TPSA) is 98.9 Å². The molecule has 2 aromatic heterocycles. The Balaban J connectivity index is 1.39. The van der Waals surface area contributed by atoms with Crippen molar-refractivity contribution in [3.05, 3.63) is 41.7 Å². The number of anilines is 1. The maximum Gasteiger partial charge on any atom is 0.239 e. The molecule has 156 valence electrons. The van der Waals surface area contributed by atoms with Crippen molar-refractivity contribution in [3.63, 3.8) is 0 Å². The van der Waals surface area contributed by atoms with Gasteiger partial charge in [-0.25, -0.2) is 15.4 Å². The number of hydrogen-bond donors (Lipinski definition) is 4. The number of fused-ring (bicyclic) bond motifs is 1.